The zero-order chi connectivity index (χ0) is 13.3. The van der Waals surface area contributed by atoms with E-state index in [2.05, 4.69) is 0 Å². The Hall–Kier alpha value is -0.740. The van der Waals surface area contributed by atoms with Crippen molar-refractivity contribution in [1.29, 1.82) is 0 Å². The maximum absolute atomic E-state index is 12.5. The van der Waals surface area contributed by atoms with E-state index in [1.165, 1.54) is 0 Å². The van der Waals surface area contributed by atoms with Gasteiger partial charge in [-0.15, -0.1) is 0 Å². The number of carbonyl (C=O) groups excluding carboxylic acids is 1. The fraction of sp³-hybridized carbons (Fsp3) is 0.667. The molecule has 3 heterocycles. The lowest BCUT2D eigenvalue weighted by Gasteiger charge is -2.42. The average Bonchev–Trinajstić information content (AvgIpc) is 2.85. The molecule has 0 aromatic carbocycles. The summed E-state index contributed by atoms with van der Waals surface area (Å²) in [6.45, 7) is 2.60. The average molecular weight is 280 g/mol. The van der Waals surface area contributed by atoms with Crippen LogP contribution in [0.25, 0.3) is 0 Å². The minimum atomic E-state index is -0.0252. The molecule has 0 saturated carbocycles. The van der Waals surface area contributed by atoms with Crippen LogP contribution in [0.5, 0.6) is 0 Å². The van der Waals surface area contributed by atoms with Gasteiger partial charge in [-0.1, -0.05) is 0 Å². The zero-order valence-electron chi connectivity index (χ0n) is 11.3. The number of Topliss-reactive ketones (excluding diaryl/α,β-unsaturated/α-hetero) is 1. The van der Waals surface area contributed by atoms with Crippen LogP contribution in [0.1, 0.15) is 41.8 Å². The number of furan rings is 1. The lowest BCUT2D eigenvalue weighted by Crippen LogP contribution is -2.44. The first-order chi connectivity index (χ1) is 9.19. The second-order valence-electron chi connectivity index (χ2n) is 5.64. The van der Waals surface area contributed by atoms with Crippen LogP contribution in [-0.2, 0) is 4.74 Å². The van der Waals surface area contributed by atoms with E-state index in [1.807, 2.05) is 24.8 Å². The lowest BCUT2D eigenvalue weighted by molar-refractivity contribution is -0.0959. The highest BCUT2D eigenvalue weighted by atomic mass is 32.2. The van der Waals surface area contributed by atoms with E-state index < -0.39 is 0 Å². The van der Waals surface area contributed by atoms with E-state index in [9.17, 15) is 4.79 Å². The molecule has 0 N–H and O–H groups in total. The summed E-state index contributed by atoms with van der Waals surface area (Å²) in [5, 5.41) is 0. The molecule has 19 heavy (non-hydrogen) atoms. The SMILES string of the molecule is Cc1cc(C(=O)C2CCOC3(CCSCC3)C2)co1. The number of aryl methyl sites for hydroxylation is 1. The Balaban J connectivity index is 1.72. The fourth-order valence-electron chi connectivity index (χ4n) is 3.15. The minimum absolute atomic E-state index is 0.0252. The summed E-state index contributed by atoms with van der Waals surface area (Å²) in [7, 11) is 0. The molecule has 0 aliphatic carbocycles. The van der Waals surface area contributed by atoms with Gasteiger partial charge in [0.15, 0.2) is 5.78 Å². The third-order valence-electron chi connectivity index (χ3n) is 4.28. The van der Waals surface area contributed by atoms with Gasteiger partial charge in [0.25, 0.3) is 0 Å². The zero-order valence-corrected chi connectivity index (χ0v) is 12.1. The highest BCUT2D eigenvalue weighted by molar-refractivity contribution is 7.99. The second-order valence-corrected chi connectivity index (χ2v) is 6.87. The molecule has 1 unspecified atom stereocenters. The first kappa shape index (κ1) is 13.3. The number of carbonyl (C=O) groups is 1. The van der Waals surface area contributed by atoms with E-state index >= 15 is 0 Å². The molecule has 104 valence electrons. The van der Waals surface area contributed by atoms with Crippen molar-refractivity contribution in [2.24, 2.45) is 5.92 Å². The molecule has 1 aromatic heterocycles. The predicted molar refractivity (Wildman–Crippen MR) is 75.7 cm³/mol. The van der Waals surface area contributed by atoms with Gasteiger partial charge in [-0.2, -0.15) is 11.8 Å². The Kier molecular flexibility index (Phi) is 3.72. The monoisotopic (exact) mass is 280 g/mol. The van der Waals surface area contributed by atoms with Crippen LogP contribution in [0.3, 0.4) is 0 Å². The molecule has 2 aliphatic rings. The third kappa shape index (κ3) is 2.75. The summed E-state index contributed by atoms with van der Waals surface area (Å²) in [5.74, 6) is 3.46. The molecule has 1 aromatic rings. The van der Waals surface area contributed by atoms with Crippen molar-refractivity contribution in [2.75, 3.05) is 18.1 Å². The van der Waals surface area contributed by atoms with Crippen LogP contribution in [0.15, 0.2) is 16.7 Å². The molecule has 2 aliphatic heterocycles. The molecular weight excluding hydrogens is 260 g/mol. The largest absolute Gasteiger partial charge is 0.469 e. The van der Waals surface area contributed by atoms with E-state index in [0.717, 1.165) is 55.1 Å². The summed E-state index contributed by atoms with van der Waals surface area (Å²) in [6, 6.07) is 1.85. The quantitative estimate of drug-likeness (QED) is 0.778. The van der Waals surface area contributed by atoms with Crippen molar-refractivity contribution in [3.8, 4) is 0 Å². The van der Waals surface area contributed by atoms with Crippen molar-refractivity contribution in [3.05, 3.63) is 23.7 Å². The Morgan fingerprint density at radius 2 is 2.21 bits per heavy atom. The number of hydrogen-bond acceptors (Lipinski definition) is 4. The Bertz CT molecular complexity index is 454. The van der Waals surface area contributed by atoms with Gasteiger partial charge >= 0.3 is 0 Å². The molecule has 3 nitrogen and oxygen atoms in total. The van der Waals surface area contributed by atoms with Crippen LogP contribution < -0.4 is 0 Å². The van der Waals surface area contributed by atoms with Gasteiger partial charge in [-0.3, -0.25) is 4.79 Å². The molecule has 1 atom stereocenters. The summed E-state index contributed by atoms with van der Waals surface area (Å²) in [4.78, 5) is 12.5. The molecule has 2 saturated heterocycles. The van der Waals surface area contributed by atoms with Crippen molar-refractivity contribution < 1.29 is 13.9 Å². The van der Waals surface area contributed by atoms with E-state index in [0.29, 0.717) is 0 Å². The first-order valence-electron chi connectivity index (χ1n) is 7.00. The third-order valence-corrected chi connectivity index (χ3v) is 5.27. The predicted octanol–water partition coefficient (Wildman–Crippen LogP) is 3.46. The van der Waals surface area contributed by atoms with Crippen molar-refractivity contribution in [3.63, 3.8) is 0 Å². The lowest BCUT2D eigenvalue weighted by atomic mass is 9.79. The number of ketones is 1. The molecule has 0 radical (unpaired) electrons. The molecule has 1 spiro atoms. The summed E-state index contributed by atoms with van der Waals surface area (Å²) >= 11 is 1.99. The minimum Gasteiger partial charge on any atom is -0.469 e. The van der Waals surface area contributed by atoms with Crippen molar-refractivity contribution in [1.82, 2.24) is 0 Å². The Labute approximate surface area is 118 Å². The highest BCUT2D eigenvalue weighted by Gasteiger charge is 2.41. The summed E-state index contributed by atoms with van der Waals surface area (Å²) in [6.07, 6.45) is 5.50. The number of rotatable bonds is 2. The Morgan fingerprint density at radius 1 is 1.42 bits per heavy atom. The first-order valence-corrected chi connectivity index (χ1v) is 8.15. The standard InChI is InChI=1S/C15H20O3S/c1-11-8-13(10-17-11)14(16)12-2-5-18-15(9-12)3-6-19-7-4-15/h8,10,12H,2-7,9H2,1H3. The molecule has 3 rings (SSSR count). The number of ether oxygens (including phenoxy) is 1. The van der Waals surface area contributed by atoms with Crippen LogP contribution in [-0.4, -0.2) is 29.5 Å². The molecule has 0 amide bonds. The summed E-state index contributed by atoms with van der Waals surface area (Å²) in [5.41, 5.74) is 0.701. The van der Waals surface area contributed by atoms with E-state index in [-0.39, 0.29) is 17.3 Å². The van der Waals surface area contributed by atoms with E-state index in [4.69, 9.17) is 9.15 Å². The van der Waals surface area contributed by atoms with Crippen molar-refractivity contribution in [2.45, 2.75) is 38.2 Å². The molecule has 2 fully saturated rings. The van der Waals surface area contributed by atoms with Gasteiger partial charge in [-0.25, -0.2) is 0 Å². The molecule has 0 bridgehead atoms. The van der Waals surface area contributed by atoms with Gasteiger partial charge in [0.1, 0.15) is 12.0 Å². The van der Waals surface area contributed by atoms with Gasteiger partial charge in [-0.05, 0) is 50.2 Å². The maximum Gasteiger partial charge on any atom is 0.169 e. The Morgan fingerprint density at radius 3 is 2.89 bits per heavy atom. The van der Waals surface area contributed by atoms with Gasteiger partial charge in [0.2, 0.25) is 0 Å². The normalized spacial score (nSPS) is 26.5. The van der Waals surface area contributed by atoms with Crippen LogP contribution in [0, 0.1) is 12.8 Å². The van der Waals surface area contributed by atoms with Gasteiger partial charge in [0, 0.05) is 12.5 Å². The van der Waals surface area contributed by atoms with E-state index in [1.54, 1.807) is 6.26 Å². The second kappa shape index (κ2) is 5.33. The van der Waals surface area contributed by atoms with Crippen LogP contribution in [0.2, 0.25) is 0 Å². The number of thioether (sulfide) groups is 1. The number of hydrogen-bond donors (Lipinski definition) is 0. The molecular formula is C15H20O3S. The topological polar surface area (TPSA) is 39.4 Å². The smallest absolute Gasteiger partial charge is 0.169 e. The maximum atomic E-state index is 12.5. The van der Waals surface area contributed by atoms with Gasteiger partial charge in [0.05, 0.1) is 11.2 Å². The van der Waals surface area contributed by atoms with Crippen LogP contribution >= 0.6 is 11.8 Å². The molecule has 4 heteroatoms. The summed E-state index contributed by atoms with van der Waals surface area (Å²) < 4.78 is 11.3. The van der Waals surface area contributed by atoms with Crippen molar-refractivity contribution >= 4 is 17.5 Å². The van der Waals surface area contributed by atoms with Crippen LogP contribution in [0.4, 0.5) is 0 Å². The highest BCUT2D eigenvalue weighted by Crippen LogP contribution is 2.40. The van der Waals surface area contributed by atoms with Gasteiger partial charge < -0.3 is 9.15 Å². The fourth-order valence-corrected chi connectivity index (χ4v) is 4.39.